The number of carbonyl (C=O) groups excluding carboxylic acids is 1. The highest BCUT2D eigenvalue weighted by Crippen LogP contribution is 2.30. The highest BCUT2D eigenvalue weighted by molar-refractivity contribution is 5.95. The number of amides is 1. The number of nitrogens with zero attached hydrogens (tertiary/aromatic N) is 7. The van der Waals surface area contributed by atoms with Crippen molar-refractivity contribution in [2.75, 3.05) is 29.4 Å². The van der Waals surface area contributed by atoms with Crippen molar-refractivity contribution in [3.8, 4) is 0 Å². The minimum atomic E-state index is 0.196. The van der Waals surface area contributed by atoms with E-state index in [2.05, 4.69) is 20.1 Å². The summed E-state index contributed by atoms with van der Waals surface area (Å²) in [5.74, 6) is 1.15. The fourth-order valence-corrected chi connectivity index (χ4v) is 3.47. The maximum atomic E-state index is 11.8. The van der Waals surface area contributed by atoms with Crippen molar-refractivity contribution in [3.63, 3.8) is 0 Å². The van der Waals surface area contributed by atoms with E-state index >= 15 is 0 Å². The Morgan fingerprint density at radius 2 is 2.08 bits per heavy atom. The fourth-order valence-electron chi connectivity index (χ4n) is 3.47. The van der Waals surface area contributed by atoms with Crippen LogP contribution in [0.15, 0.2) is 37.1 Å². The maximum Gasteiger partial charge on any atom is 0.227 e. The van der Waals surface area contributed by atoms with Crippen LogP contribution in [0.25, 0.3) is 5.52 Å². The lowest BCUT2D eigenvalue weighted by atomic mass is 10.1. The van der Waals surface area contributed by atoms with Gasteiger partial charge in [-0.2, -0.15) is 10.2 Å². The van der Waals surface area contributed by atoms with Gasteiger partial charge in [0.15, 0.2) is 5.82 Å². The van der Waals surface area contributed by atoms with Crippen LogP contribution in [-0.4, -0.2) is 49.9 Å². The average Bonchev–Trinajstić information content (AvgIpc) is 3.25. The summed E-state index contributed by atoms with van der Waals surface area (Å²) in [4.78, 5) is 20.4. The van der Waals surface area contributed by atoms with Gasteiger partial charge in [-0.1, -0.05) is 0 Å². The van der Waals surface area contributed by atoms with Crippen molar-refractivity contribution in [3.05, 3.63) is 37.1 Å². The second kappa shape index (κ2) is 5.05. The molecule has 8 heteroatoms. The summed E-state index contributed by atoms with van der Waals surface area (Å²) in [5.41, 5.74) is 1.92. The molecule has 5 heterocycles. The first-order chi connectivity index (χ1) is 11.8. The lowest BCUT2D eigenvalue weighted by Crippen LogP contribution is -2.48. The van der Waals surface area contributed by atoms with Crippen LogP contribution in [-0.2, 0) is 4.79 Å². The molecule has 5 rings (SSSR count). The molecule has 0 aromatic carbocycles. The summed E-state index contributed by atoms with van der Waals surface area (Å²) >= 11 is 0. The number of hydrogen-bond acceptors (Lipinski definition) is 5. The third-order valence-corrected chi connectivity index (χ3v) is 4.81. The Balaban J connectivity index is 1.32. The summed E-state index contributed by atoms with van der Waals surface area (Å²) in [6.07, 6.45) is 10.8. The van der Waals surface area contributed by atoms with Crippen molar-refractivity contribution >= 4 is 22.9 Å². The molecule has 0 atom stereocenters. The molecule has 2 aliphatic rings. The normalized spacial score (nSPS) is 18.6. The van der Waals surface area contributed by atoms with Gasteiger partial charge in [0.25, 0.3) is 0 Å². The van der Waals surface area contributed by atoms with E-state index in [1.807, 2.05) is 32.6 Å². The van der Waals surface area contributed by atoms with Crippen molar-refractivity contribution in [2.45, 2.75) is 18.9 Å². The molecule has 2 saturated heterocycles. The van der Waals surface area contributed by atoms with E-state index < -0.39 is 0 Å². The number of anilines is 2. The zero-order chi connectivity index (χ0) is 16.1. The topological polar surface area (TPSA) is 71.6 Å². The van der Waals surface area contributed by atoms with Crippen LogP contribution in [0, 0.1) is 0 Å². The molecule has 8 nitrogen and oxygen atoms in total. The molecule has 24 heavy (non-hydrogen) atoms. The van der Waals surface area contributed by atoms with Gasteiger partial charge in [-0.3, -0.25) is 9.48 Å². The van der Waals surface area contributed by atoms with Crippen LogP contribution in [0.1, 0.15) is 18.9 Å². The highest BCUT2D eigenvalue weighted by Gasteiger charge is 2.32. The summed E-state index contributed by atoms with van der Waals surface area (Å²) < 4.78 is 3.80. The number of aromatic nitrogens is 5. The predicted octanol–water partition coefficient (Wildman–Crippen LogP) is 1.11. The smallest absolute Gasteiger partial charge is 0.227 e. The van der Waals surface area contributed by atoms with Crippen molar-refractivity contribution in [1.82, 2.24) is 24.4 Å². The standard InChI is InChI=1S/C16H17N7O/c24-15-2-1-6-21(15)12-8-19-23(11-12)13-9-20(10-13)16-14-3-4-18-22(14)7-5-17-16/h3-5,7-8,11,13H,1-2,6,9-10H2. The number of hydrogen-bond donors (Lipinski definition) is 0. The average molecular weight is 323 g/mol. The van der Waals surface area contributed by atoms with E-state index in [0.29, 0.717) is 12.5 Å². The van der Waals surface area contributed by atoms with Gasteiger partial charge < -0.3 is 9.80 Å². The number of fused-ring (bicyclic) bond motifs is 1. The number of carbonyl (C=O) groups is 1. The lowest BCUT2D eigenvalue weighted by Gasteiger charge is -2.40. The van der Waals surface area contributed by atoms with Gasteiger partial charge in [0.1, 0.15) is 5.52 Å². The van der Waals surface area contributed by atoms with Gasteiger partial charge in [-0.15, -0.1) is 0 Å². The Morgan fingerprint density at radius 3 is 2.92 bits per heavy atom. The Bertz CT molecular complexity index is 908. The molecule has 0 aliphatic carbocycles. The van der Waals surface area contributed by atoms with Crippen LogP contribution in [0.2, 0.25) is 0 Å². The van der Waals surface area contributed by atoms with E-state index in [1.165, 1.54) is 0 Å². The molecular formula is C16H17N7O. The molecule has 0 spiro atoms. The molecule has 2 fully saturated rings. The first-order valence-corrected chi connectivity index (χ1v) is 8.17. The largest absolute Gasteiger partial charge is 0.350 e. The Morgan fingerprint density at radius 1 is 1.17 bits per heavy atom. The van der Waals surface area contributed by atoms with Crippen LogP contribution in [0.5, 0.6) is 0 Å². The minimum Gasteiger partial charge on any atom is -0.350 e. The number of rotatable bonds is 3. The molecular weight excluding hydrogens is 306 g/mol. The van der Waals surface area contributed by atoms with Crippen LogP contribution >= 0.6 is 0 Å². The Hall–Kier alpha value is -2.90. The summed E-state index contributed by atoms with van der Waals surface area (Å²) in [6, 6.07) is 2.28. The molecule has 122 valence electrons. The SMILES string of the molecule is O=C1CCCN1c1cnn(C2CN(c3nccn4nccc34)C2)c1. The van der Waals surface area contributed by atoms with E-state index in [4.69, 9.17) is 0 Å². The zero-order valence-electron chi connectivity index (χ0n) is 13.1. The van der Waals surface area contributed by atoms with Gasteiger partial charge in [0.2, 0.25) is 5.91 Å². The van der Waals surface area contributed by atoms with Gasteiger partial charge in [0.05, 0.1) is 24.1 Å². The summed E-state index contributed by atoms with van der Waals surface area (Å²) in [7, 11) is 0. The van der Waals surface area contributed by atoms with E-state index in [9.17, 15) is 4.79 Å². The van der Waals surface area contributed by atoms with Crippen LogP contribution in [0.4, 0.5) is 11.5 Å². The zero-order valence-corrected chi connectivity index (χ0v) is 13.1. The van der Waals surface area contributed by atoms with Crippen LogP contribution in [0.3, 0.4) is 0 Å². The van der Waals surface area contributed by atoms with Crippen molar-refractivity contribution in [1.29, 1.82) is 0 Å². The summed E-state index contributed by atoms with van der Waals surface area (Å²) in [6.45, 7) is 2.51. The van der Waals surface area contributed by atoms with E-state index in [1.54, 1.807) is 18.6 Å². The first kappa shape index (κ1) is 13.5. The van der Waals surface area contributed by atoms with Gasteiger partial charge in [-0.05, 0) is 12.5 Å². The molecule has 0 N–H and O–H groups in total. The first-order valence-electron chi connectivity index (χ1n) is 8.17. The quantitative estimate of drug-likeness (QED) is 0.722. The molecule has 1 amide bonds. The van der Waals surface area contributed by atoms with E-state index in [-0.39, 0.29) is 5.91 Å². The monoisotopic (exact) mass is 323 g/mol. The molecule has 0 unspecified atom stereocenters. The van der Waals surface area contributed by atoms with E-state index in [0.717, 1.165) is 43.1 Å². The maximum absolute atomic E-state index is 11.8. The third kappa shape index (κ3) is 1.99. The third-order valence-electron chi connectivity index (χ3n) is 4.81. The second-order valence-corrected chi connectivity index (χ2v) is 6.30. The molecule has 3 aromatic heterocycles. The van der Waals surface area contributed by atoms with Gasteiger partial charge >= 0.3 is 0 Å². The summed E-state index contributed by atoms with van der Waals surface area (Å²) in [5, 5.41) is 8.70. The van der Waals surface area contributed by atoms with Crippen molar-refractivity contribution < 1.29 is 4.79 Å². The van der Waals surface area contributed by atoms with Gasteiger partial charge in [0, 0.05) is 44.6 Å². The predicted molar refractivity (Wildman–Crippen MR) is 88.1 cm³/mol. The highest BCUT2D eigenvalue weighted by atomic mass is 16.2. The molecule has 2 aliphatic heterocycles. The van der Waals surface area contributed by atoms with Gasteiger partial charge in [-0.25, -0.2) is 9.50 Å². The lowest BCUT2D eigenvalue weighted by molar-refractivity contribution is -0.117. The molecule has 0 radical (unpaired) electrons. The Labute approximate surface area is 138 Å². The molecule has 0 bridgehead atoms. The molecule has 0 saturated carbocycles. The fraction of sp³-hybridized carbons (Fsp3) is 0.375. The Kier molecular flexibility index (Phi) is 2.85. The second-order valence-electron chi connectivity index (χ2n) is 6.30. The minimum absolute atomic E-state index is 0.196. The van der Waals surface area contributed by atoms with Crippen molar-refractivity contribution in [2.24, 2.45) is 0 Å². The van der Waals surface area contributed by atoms with Crippen LogP contribution < -0.4 is 9.80 Å². The molecule has 3 aromatic rings.